The molecule has 0 radical (unpaired) electrons. The Morgan fingerprint density at radius 2 is 1.78 bits per heavy atom. The highest BCUT2D eigenvalue weighted by molar-refractivity contribution is 7.90. The van der Waals surface area contributed by atoms with Gasteiger partial charge in [0, 0.05) is 19.3 Å². The maximum atomic E-state index is 11.6. The summed E-state index contributed by atoms with van der Waals surface area (Å²) in [5, 5.41) is 13.5. The smallest absolute Gasteiger partial charge is 0.175 e. The fraction of sp³-hybridized carbons (Fsp3) is 0.333. The van der Waals surface area contributed by atoms with E-state index in [2.05, 4.69) is 5.32 Å². The van der Waals surface area contributed by atoms with Crippen LogP contribution in [-0.4, -0.2) is 26.3 Å². The fourth-order valence-corrected chi connectivity index (χ4v) is 3.62. The van der Waals surface area contributed by atoms with E-state index in [1.807, 2.05) is 37.3 Å². The van der Waals surface area contributed by atoms with Gasteiger partial charge in [-0.1, -0.05) is 36.4 Å². The van der Waals surface area contributed by atoms with Crippen molar-refractivity contribution in [2.75, 3.05) is 12.8 Å². The van der Waals surface area contributed by atoms with Crippen molar-refractivity contribution in [3.63, 3.8) is 0 Å². The molecule has 0 amide bonds. The highest BCUT2D eigenvalue weighted by Crippen LogP contribution is 2.18. The Balaban J connectivity index is 1.97. The summed E-state index contributed by atoms with van der Waals surface area (Å²) in [7, 11) is -3.19. The van der Waals surface area contributed by atoms with Crippen LogP contribution < -0.4 is 5.32 Å². The van der Waals surface area contributed by atoms with E-state index in [9.17, 15) is 13.5 Å². The Labute approximate surface area is 138 Å². The lowest BCUT2D eigenvalue weighted by atomic mass is 10.0. The lowest BCUT2D eigenvalue weighted by molar-refractivity contribution is 0.173. The minimum Gasteiger partial charge on any atom is -0.387 e. The number of hydrogen-bond acceptors (Lipinski definition) is 4. The molecule has 1 atom stereocenters. The summed E-state index contributed by atoms with van der Waals surface area (Å²) in [4.78, 5) is 0.362. The average Bonchev–Trinajstić information content (AvgIpc) is 2.46. The highest BCUT2D eigenvalue weighted by atomic mass is 32.2. The predicted molar refractivity (Wildman–Crippen MR) is 92.1 cm³/mol. The molecule has 1 unspecified atom stereocenters. The summed E-state index contributed by atoms with van der Waals surface area (Å²) in [6, 6.07) is 13.1. The van der Waals surface area contributed by atoms with Crippen LogP contribution in [-0.2, 0) is 16.4 Å². The fourth-order valence-electron chi connectivity index (χ4n) is 2.66. The van der Waals surface area contributed by atoms with E-state index in [1.54, 1.807) is 19.1 Å². The van der Waals surface area contributed by atoms with Crippen molar-refractivity contribution in [2.45, 2.75) is 31.4 Å². The molecule has 0 spiro atoms. The topological polar surface area (TPSA) is 66.4 Å². The Morgan fingerprint density at radius 1 is 1.09 bits per heavy atom. The summed E-state index contributed by atoms with van der Waals surface area (Å²) in [5.41, 5.74) is 3.72. The Morgan fingerprint density at radius 3 is 2.39 bits per heavy atom. The van der Waals surface area contributed by atoms with Gasteiger partial charge < -0.3 is 10.4 Å². The summed E-state index contributed by atoms with van der Waals surface area (Å²) < 4.78 is 23.2. The molecule has 4 nitrogen and oxygen atoms in total. The summed E-state index contributed by atoms with van der Waals surface area (Å²) in [6.45, 7) is 4.79. The zero-order valence-electron chi connectivity index (χ0n) is 13.7. The van der Waals surface area contributed by atoms with E-state index in [1.165, 1.54) is 6.26 Å². The normalized spacial score (nSPS) is 13.0. The van der Waals surface area contributed by atoms with Gasteiger partial charge in [0.15, 0.2) is 9.84 Å². The molecule has 0 bridgehead atoms. The molecule has 2 rings (SSSR count). The number of nitrogens with one attached hydrogen (secondary N) is 1. The van der Waals surface area contributed by atoms with Crippen molar-refractivity contribution < 1.29 is 13.5 Å². The molecule has 0 fully saturated rings. The summed E-state index contributed by atoms with van der Waals surface area (Å²) in [5.74, 6) is 0. The monoisotopic (exact) mass is 333 g/mol. The van der Waals surface area contributed by atoms with Gasteiger partial charge in [0.1, 0.15) is 0 Å². The third-order valence-electron chi connectivity index (χ3n) is 3.85. The van der Waals surface area contributed by atoms with Crippen LogP contribution in [0, 0.1) is 13.8 Å². The molecule has 0 aliphatic heterocycles. The maximum Gasteiger partial charge on any atom is 0.175 e. The van der Waals surface area contributed by atoms with Gasteiger partial charge in [-0.3, -0.25) is 0 Å². The number of aryl methyl sites for hydroxylation is 2. The van der Waals surface area contributed by atoms with Gasteiger partial charge in [-0.25, -0.2) is 8.42 Å². The number of benzene rings is 2. The van der Waals surface area contributed by atoms with Crippen molar-refractivity contribution in [2.24, 2.45) is 0 Å². The van der Waals surface area contributed by atoms with Gasteiger partial charge in [-0.2, -0.15) is 0 Å². The molecule has 2 aromatic rings. The lowest BCUT2D eigenvalue weighted by Crippen LogP contribution is -2.21. The SMILES string of the molecule is Cc1ccccc1C(O)CNCc1ccc(S(C)(=O)=O)c(C)c1. The van der Waals surface area contributed by atoms with Crippen LogP contribution in [0.5, 0.6) is 0 Å². The van der Waals surface area contributed by atoms with E-state index in [4.69, 9.17) is 0 Å². The molecular formula is C18H23NO3S. The zero-order chi connectivity index (χ0) is 17.0. The standard InChI is InChI=1S/C18H23NO3S/c1-13-6-4-5-7-16(13)17(20)12-19-11-15-8-9-18(14(2)10-15)23(3,21)22/h4-10,17,19-20H,11-12H2,1-3H3. The van der Waals surface area contributed by atoms with E-state index in [-0.39, 0.29) is 0 Å². The van der Waals surface area contributed by atoms with Crippen molar-refractivity contribution in [1.82, 2.24) is 5.32 Å². The van der Waals surface area contributed by atoms with Gasteiger partial charge in [-0.05, 0) is 42.2 Å². The van der Waals surface area contributed by atoms with E-state index < -0.39 is 15.9 Å². The highest BCUT2D eigenvalue weighted by Gasteiger charge is 2.12. The molecule has 5 heteroatoms. The molecule has 0 aliphatic carbocycles. The predicted octanol–water partition coefficient (Wildman–Crippen LogP) is 2.53. The van der Waals surface area contributed by atoms with Gasteiger partial charge in [0.25, 0.3) is 0 Å². The van der Waals surface area contributed by atoms with Gasteiger partial charge in [-0.15, -0.1) is 0 Å². The number of hydrogen-bond donors (Lipinski definition) is 2. The number of aliphatic hydroxyl groups excluding tert-OH is 1. The lowest BCUT2D eigenvalue weighted by Gasteiger charge is -2.15. The molecule has 0 aliphatic rings. The van der Waals surface area contributed by atoms with Crippen molar-refractivity contribution in [3.8, 4) is 0 Å². The van der Waals surface area contributed by atoms with Crippen LogP contribution in [0.25, 0.3) is 0 Å². The molecule has 124 valence electrons. The molecule has 0 heterocycles. The number of rotatable bonds is 6. The van der Waals surface area contributed by atoms with Crippen LogP contribution in [0.1, 0.15) is 28.4 Å². The van der Waals surface area contributed by atoms with Gasteiger partial charge >= 0.3 is 0 Å². The van der Waals surface area contributed by atoms with E-state index in [0.717, 1.165) is 22.3 Å². The van der Waals surface area contributed by atoms with Crippen molar-refractivity contribution in [3.05, 3.63) is 64.7 Å². The van der Waals surface area contributed by atoms with Crippen LogP contribution in [0.3, 0.4) is 0 Å². The molecule has 0 saturated carbocycles. The minimum absolute atomic E-state index is 0.362. The zero-order valence-corrected chi connectivity index (χ0v) is 14.5. The molecule has 0 aromatic heterocycles. The minimum atomic E-state index is -3.19. The molecular weight excluding hydrogens is 310 g/mol. The first-order valence-corrected chi connectivity index (χ1v) is 9.42. The third kappa shape index (κ3) is 4.64. The van der Waals surface area contributed by atoms with Crippen LogP contribution >= 0.6 is 0 Å². The number of sulfone groups is 1. The second-order valence-electron chi connectivity index (χ2n) is 5.88. The van der Waals surface area contributed by atoms with E-state index in [0.29, 0.717) is 18.0 Å². The van der Waals surface area contributed by atoms with Crippen LogP contribution in [0.15, 0.2) is 47.4 Å². The first-order chi connectivity index (χ1) is 10.8. The van der Waals surface area contributed by atoms with Gasteiger partial charge in [0.2, 0.25) is 0 Å². The quantitative estimate of drug-likeness (QED) is 0.852. The first-order valence-electron chi connectivity index (χ1n) is 7.53. The van der Waals surface area contributed by atoms with Gasteiger partial charge in [0.05, 0.1) is 11.0 Å². The summed E-state index contributed by atoms with van der Waals surface area (Å²) in [6.07, 6.45) is 0.652. The Bertz CT molecular complexity index is 785. The second-order valence-corrected chi connectivity index (χ2v) is 7.86. The number of aliphatic hydroxyl groups is 1. The molecule has 2 N–H and O–H groups in total. The van der Waals surface area contributed by atoms with Crippen LogP contribution in [0.2, 0.25) is 0 Å². The van der Waals surface area contributed by atoms with Crippen LogP contribution in [0.4, 0.5) is 0 Å². The molecule has 0 saturated heterocycles. The maximum absolute atomic E-state index is 11.6. The van der Waals surface area contributed by atoms with Crippen molar-refractivity contribution >= 4 is 9.84 Å². The second kappa shape index (κ2) is 7.25. The first kappa shape index (κ1) is 17.7. The van der Waals surface area contributed by atoms with Crippen molar-refractivity contribution in [1.29, 1.82) is 0 Å². The molecule has 23 heavy (non-hydrogen) atoms. The Hall–Kier alpha value is -1.69. The summed E-state index contributed by atoms with van der Waals surface area (Å²) >= 11 is 0. The molecule has 2 aromatic carbocycles. The largest absolute Gasteiger partial charge is 0.387 e. The average molecular weight is 333 g/mol. The Kier molecular flexibility index (Phi) is 5.57. The van der Waals surface area contributed by atoms with E-state index >= 15 is 0 Å². The third-order valence-corrected chi connectivity index (χ3v) is 5.11.